The van der Waals surface area contributed by atoms with E-state index >= 15 is 0 Å². The van der Waals surface area contributed by atoms with Crippen molar-refractivity contribution in [1.82, 2.24) is 0 Å². The molecule has 1 unspecified atom stereocenters. The van der Waals surface area contributed by atoms with E-state index in [1.807, 2.05) is 19.1 Å². The predicted octanol–water partition coefficient (Wildman–Crippen LogP) is 3.35. The van der Waals surface area contributed by atoms with E-state index in [1.54, 1.807) is 12.1 Å². The van der Waals surface area contributed by atoms with Gasteiger partial charge in [0.2, 0.25) is 0 Å². The first-order valence-corrected chi connectivity index (χ1v) is 6.35. The highest BCUT2D eigenvalue weighted by Crippen LogP contribution is 2.36. The predicted molar refractivity (Wildman–Crippen MR) is 67.3 cm³/mol. The summed E-state index contributed by atoms with van der Waals surface area (Å²) in [5.41, 5.74) is 0.803. The zero-order chi connectivity index (χ0) is 12.3. The van der Waals surface area contributed by atoms with Crippen LogP contribution >= 0.6 is 0 Å². The summed E-state index contributed by atoms with van der Waals surface area (Å²) >= 11 is 0. The zero-order valence-electron chi connectivity index (χ0n) is 10.3. The summed E-state index contributed by atoms with van der Waals surface area (Å²) in [4.78, 5) is 0. The second-order valence-corrected chi connectivity index (χ2v) is 5.32. The Balaban J connectivity index is 2.10. The van der Waals surface area contributed by atoms with Gasteiger partial charge in [-0.05, 0) is 37.0 Å². The van der Waals surface area contributed by atoms with E-state index < -0.39 is 5.60 Å². The lowest BCUT2D eigenvalue weighted by atomic mass is 9.85. The molecule has 0 aliphatic heterocycles. The molecule has 2 heteroatoms. The number of nitriles is 1. The Morgan fingerprint density at radius 3 is 2.41 bits per heavy atom. The fourth-order valence-corrected chi connectivity index (χ4v) is 2.80. The first-order valence-electron chi connectivity index (χ1n) is 6.35. The number of hydrogen-bond donors (Lipinski definition) is 1. The number of nitrogens with zero attached hydrogens (tertiary/aromatic N) is 1. The Morgan fingerprint density at radius 2 is 1.88 bits per heavy atom. The van der Waals surface area contributed by atoms with Crippen LogP contribution in [0.1, 0.15) is 50.2 Å². The molecule has 1 aromatic rings. The van der Waals surface area contributed by atoms with Crippen LogP contribution in [-0.4, -0.2) is 5.11 Å². The highest BCUT2D eigenvalue weighted by molar-refractivity contribution is 5.33. The minimum atomic E-state index is -0.761. The Labute approximate surface area is 103 Å². The van der Waals surface area contributed by atoms with Crippen molar-refractivity contribution in [2.75, 3.05) is 0 Å². The van der Waals surface area contributed by atoms with Gasteiger partial charge in [-0.1, -0.05) is 37.8 Å². The van der Waals surface area contributed by atoms with Crippen molar-refractivity contribution in [2.24, 2.45) is 5.92 Å². The molecule has 1 saturated carbocycles. The molecule has 0 heterocycles. The summed E-state index contributed by atoms with van der Waals surface area (Å²) < 4.78 is 0. The average molecular weight is 229 g/mol. The van der Waals surface area contributed by atoms with Crippen LogP contribution in [0.2, 0.25) is 0 Å². The third-order valence-corrected chi connectivity index (χ3v) is 3.80. The van der Waals surface area contributed by atoms with Gasteiger partial charge in [-0.3, -0.25) is 0 Å². The molecule has 0 spiro atoms. The van der Waals surface area contributed by atoms with Crippen LogP contribution in [0, 0.1) is 17.2 Å². The number of benzene rings is 1. The van der Waals surface area contributed by atoms with Crippen molar-refractivity contribution in [3.05, 3.63) is 35.4 Å². The lowest BCUT2D eigenvalue weighted by molar-refractivity contribution is 0.0308. The van der Waals surface area contributed by atoms with Crippen LogP contribution in [-0.2, 0) is 5.60 Å². The van der Waals surface area contributed by atoms with Crippen LogP contribution in [0.4, 0.5) is 0 Å². The maximum absolute atomic E-state index is 10.5. The summed E-state index contributed by atoms with van der Waals surface area (Å²) in [6.07, 6.45) is 5.92. The van der Waals surface area contributed by atoms with Gasteiger partial charge >= 0.3 is 0 Å². The second kappa shape index (κ2) is 4.89. The van der Waals surface area contributed by atoms with Crippen LogP contribution in [0.25, 0.3) is 0 Å². The molecule has 1 fully saturated rings. The lowest BCUT2D eigenvalue weighted by Crippen LogP contribution is -2.24. The standard InChI is InChI=1S/C15H19NO/c1-15(17,10-12-4-2-3-5-12)14-8-6-13(11-16)7-9-14/h6-9,12,17H,2-5,10H2,1H3. The molecule has 1 aromatic carbocycles. The van der Waals surface area contributed by atoms with Crippen molar-refractivity contribution in [1.29, 1.82) is 5.26 Å². The van der Waals surface area contributed by atoms with Gasteiger partial charge in [0.15, 0.2) is 0 Å². The second-order valence-electron chi connectivity index (χ2n) is 5.32. The minimum Gasteiger partial charge on any atom is -0.385 e. The molecular formula is C15H19NO. The minimum absolute atomic E-state index is 0.644. The SMILES string of the molecule is CC(O)(CC1CCCC1)c1ccc(C#N)cc1. The molecule has 1 aliphatic carbocycles. The van der Waals surface area contributed by atoms with E-state index in [0.717, 1.165) is 12.0 Å². The topological polar surface area (TPSA) is 44.0 Å². The van der Waals surface area contributed by atoms with Gasteiger partial charge < -0.3 is 5.11 Å². The van der Waals surface area contributed by atoms with Gasteiger partial charge in [0, 0.05) is 0 Å². The highest BCUT2D eigenvalue weighted by Gasteiger charge is 2.28. The van der Waals surface area contributed by atoms with Crippen molar-refractivity contribution in [3.63, 3.8) is 0 Å². The van der Waals surface area contributed by atoms with Crippen LogP contribution in [0.3, 0.4) is 0 Å². The van der Waals surface area contributed by atoms with Gasteiger partial charge in [-0.15, -0.1) is 0 Å². The van der Waals surface area contributed by atoms with Gasteiger partial charge in [0.05, 0.1) is 17.2 Å². The van der Waals surface area contributed by atoms with Crippen molar-refractivity contribution in [3.8, 4) is 6.07 Å². The van der Waals surface area contributed by atoms with E-state index in [9.17, 15) is 5.11 Å². The third-order valence-electron chi connectivity index (χ3n) is 3.80. The first-order chi connectivity index (χ1) is 8.12. The molecule has 0 amide bonds. The van der Waals surface area contributed by atoms with E-state index in [1.165, 1.54) is 25.7 Å². The molecule has 2 rings (SSSR count). The maximum Gasteiger partial charge on any atom is 0.0991 e. The molecule has 0 saturated heterocycles. The lowest BCUT2D eigenvalue weighted by Gasteiger charge is -2.27. The molecule has 0 aromatic heterocycles. The largest absolute Gasteiger partial charge is 0.385 e. The Hall–Kier alpha value is -1.33. The first kappa shape index (κ1) is 12.1. The molecule has 0 radical (unpaired) electrons. The van der Waals surface area contributed by atoms with Crippen LogP contribution in [0.15, 0.2) is 24.3 Å². The molecule has 17 heavy (non-hydrogen) atoms. The van der Waals surface area contributed by atoms with Gasteiger partial charge in [-0.25, -0.2) is 0 Å². The molecule has 0 bridgehead atoms. The molecule has 1 aliphatic rings. The molecule has 90 valence electrons. The number of aliphatic hydroxyl groups is 1. The maximum atomic E-state index is 10.5. The van der Waals surface area contributed by atoms with E-state index in [2.05, 4.69) is 6.07 Å². The van der Waals surface area contributed by atoms with E-state index in [0.29, 0.717) is 11.5 Å². The number of hydrogen-bond acceptors (Lipinski definition) is 2. The highest BCUT2D eigenvalue weighted by atomic mass is 16.3. The van der Waals surface area contributed by atoms with Gasteiger partial charge in [0.25, 0.3) is 0 Å². The summed E-state index contributed by atoms with van der Waals surface area (Å²) in [7, 11) is 0. The third kappa shape index (κ3) is 2.87. The molecule has 2 nitrogen and oxygen atoms in total. The van der Waals surface area contributed by atoms with E-state index in [4.69, 9.17) is 5.26 Å². The monoisotopic (exact) mass is 229 g/mol. The van der Waals surface area contributed by atoms with Crippen molar-refractivity contribution < 1.29 is 5.11 Å². The molecule has 1 atom stereocenters. The van der Waals surface area contributed by atoms with Crippen molar-refractivity contribution in [2.45, 2.75) is 44.6 Å². The van der Waals surface area contributed by atoms with Crippen molar-refractivity contribution >= 4 is 0 Å². The summed E-state index contributed by atoms with van der Waals surface area (Å²) in [6, 6.07) is 9.39. The summed E-state index contributed by atoms with van der Waals surface area (Å²) in [5.74, 6) is 0.653. The fourth-order valence-electron chi connectivity index (χ4n) is 2.80. The average Bonchev–Trinajstić information content (AvgIpc) is 2.81. The van der Waals surface area contributed by atoms with Crippen LogP contribution in [0.5, 0.6) is 0 Å². The number of rotatable bonds is 3. The summed E-state index contributed by atoms with van der Waals surface area (Å²) in [6.45, 7) is 1.88. The fraction of sp³-hybridized carbons (Fsp3) is 0.533. The zero-order valence-corrected chi connectivity index (χ0v) is 10.3. The van der Waals surface area contributed by atoms with Gasteiger partial charge in [-0.2, -0.15) is 5.26 Å². The Bertz CT molecular complexity index is 408. The molecule has 1 N–H and O–H groups in total. The Kier molecular flexibility index (Phi) is 3.49. The van der Waals surface area contributed by atoms with E-state index in [-0.39, 0.29) is 0 Å². The Morgan fingerprint density at radius 1 is 1.29 bits per heavy atom. The normalized spacial score (nSPS) is 19.8. The van der Waals surface area contributed by atoms with Crippen LogP contribution < -0.4 is 0 Å². The quantitative estimate of drug-likeness (QED) is 0.863. The summed E-state index contributed by atoms with van der Waals surface area (Å²) in [5, 5.41) is 19.3. The van der Waals surface area contributed by atoms with Gasteiger partial charge in [0.1, 0.15) is 0 Å². The molecular weight excluding hydrogens is 210 g/mol. The smallest absolute Gasteiger partial charge is 0.0991 e.